The number of rotatable bonds is 3. The summed E-state index contributed by atoms with van der Waals surface area (Å²) in [7, 11) is 0. The summed E-state index contributed by atoms with van der Waals surface area (Å²) in [4.78, 5) is 10.6. The molecule has 2 nitrogen and oxygen atoms in total. The van der Waals surface area contributed by atoms with Crippen molar-refractivity contribution in [2.75, 3.05) is 5.75 Å². The average Bonchev–Trinajstić information content (AvgIpc) is 2.15. The summed E-state index contributed by atoms with van der Waals surface area (Å²) in [6, 6.07) is 9.35. The Bertz CT molecular complexity index is 272. The molecule has 0 aliphatic carbocycles. The second-order valence-corrected chi connectivity index (χ2v) is 3.93. The number of aliphatic hydroxyl groups is 1. The number of aliphatic hydroxyl groups excluding tert-OH is 1. The van der Waals surface area contributed by atoms with Crippen LogP contribution in [0.15, 0.2) is 30.3 Å². The monoisotopic (exact) mass is 196 g/mol. The van der Waals surface area contributed by atoms with Crippen molar-refractivity contribution in [1.29, 1.82) is 0 Å². The Morgan fingerprint density at radius 2 is 2.08 bits per heavy atom. The lowest BCUT2D eigenvalue weighted by atomic mass is 10.1. The molecule has 1 aromatic rings. The Morgan fingerprint density at radius 3 is 2.62 bits per heavy atom. The number of hydrogen-bond donors (Lipinski definition) is 1. The van der Waals surface area contributed by atoms with Gasteiger partial charge in [-0.05, 0) is 5.56 Å². The van der Waals surface area contributed by atoms with Crippen molar-refractivity contribution in [3.63, 3.8) is 0 Å². The van der Waals surface area contributed by atoms with E-state index in [0.717, 1.165) is 17.3 Å². The molecular formula is C10H12O2S. The maximum atomic E-state index is 10.6. The molecule has 0 aliphatic rings. The van der Waals surface area contributed by atoms with E-state index >= 15 is 0 Å². The number of carbonyl (C=O) groups excluding carboxylic acids is 1. The number of carbonyl (C=O) groups is 1. The first-order chi connectivity index (χ1) is 6.20. The largest absolute Gasteiger partial charge is 0.388 e. The van der Waals surface area contributed by atoms with Crippen LogP contribution in [-0.4, -0.2) is 16.0 Å². The summed E-state index contributed by atoms with van der Waals surface area (Å²) in [5, 5.41) is 9.63. The predicted octanol–water partition coefficient (Wildman–Crippen LogP) is 2.00. The van der Waals surface area contributed by atoms with Gasteiger partial charge in [-0.1, -0.05) is 42.1 Å². The van der Waals surface area contributed by atoms with Crippen LogP contribution >= 0.6 is 11.8 Å². The molecule has 0 aliphatic heterocycles. The molecule has 0 fully saturated rings. The molecular weight excluding hydrogens is 184 g/mol. The smallest absolute Gasteiger partial charge is 0.185 e. The topological polar surface area (TPSA) is 37.3 Å². The fraction of sp³-hybridized carbons (Fsp3) is 0.300. The Kier molecular flexibility index (Phi) is 3.99. The summed E-state index contributed by atoms with van der Waals surface area (Å²) in [6.45, 7) is 1.50. The highest BCUT2D eigenvalue weighted by molar-refractivity contribution is 8.13. The Hall–Kier alpha value is -0.800. The maximum Gasteiger partial charge on any atom is 0.185 e. The summed E-state index contributed by atoms with van der Waals surface area (Å²) in [5.41, 5.74) is 0.858. The van der Waals surface area contributed by atoms with Gasteiger partial charge in [-0.15, -0.1) is 0 Å². The quantitative estimate of drug-likeness (QED) is 0.803. The van der Waals surface area contributed by atoms with Gasteiger partial charge in [0.25, 0.3) is 0 Å². The third-order valence-electron chi connectivity index (χ3n) is 1.63. The summed E-state index contributed by atoms with van der Waals surface area (Å²) < 4.78 is 0. The standard InChI is InChI=1S/C10H12O2S/c1-8(11)13-7-10(12)9-5-3-2-4-6-9/h2-6,10,12H,7H2,1H3. The highest BCUT2D eigenvalue weighted by Gasteiger charge is 2.07. The first-order valence-electron chi connectivity index (χ1n) is 4.06. The summed E-state index contributed by atoms with van der Waals surface area (Å²) in [5.74, 6) is 0.430. The van der Waals surface area contributed by atoms with Crippen LogP contribution in [0.5, 0.6) is 0 Å². The number of benzene rings is 1. The minimum Gasteiger partial charge on any atom is -0.388 e. The first kappa shape index (κ1) is 10.3. The highest BCUT2D eigenvalue weighted by Crippen LogP contribution is 2.17. The molecule has 1 N–H and O–H groups in total. The molecule has 3 heteroatoms. The molecule has 0 spiro atoms. The minimum atomic E-state index is -0.546. The van der Waals surface area contributed by atoms with E-state index in [9.17, 15) is 9.90 Å². The zero-order valence-corrected chi connectivity index (χ0v) is 8.25. The number of hydrogen-bond acceptors (Lipinski definition) is 3. The van der Waals surface area contributed by atoms with E-state index in [-0.39, 0.29) is 5.12 Å². The van der Waals surface area contributed by atoms with Crippen molar-refractivity contribution in [2.24, 2.45) is 0 Å². The van der Waals surface area contributed by atoms with Crippen molar-refractivity contribution >= 4 is 16.9 Å². The lowest BCUT2D eigenvalue weighted by molar-refractivity contribution is -0.109. The molecule has 0 amide bonds. The number of thioether (sulfide) groups is 1. The van der Waals surface area contributed by atoms with Crippen molar-refractivity contribution in [1.82, 2.24) is 0 Å². The summed E-state index contributed by atoms with van der Waals surface area (Å²) in [6.07, 6.45) is -0.546. The molecule has 13 heavy (non-hydrogen) atoms. The van der Waals surface area contributed by atoms with Gasteiger partial charge < -0.3 is 5.11 Å². The lowest BCUT2D eigenvalue weighted by Crippen LogP contribution is -2.01. The molecule has 1 atom stereocenters. The third-order valence-corrected chi connectivity index (χ3v) is 2.52. The van der Waals surface area contributed by atoms with Gasteiger partial charge in [-0.25, -0.2) is 0 Å². The van der Waals surface area contributed by atoms with Crippen molar-refractivity contribution in [3.8, 4) is 0 Å². The second-order valence-electron chi connectivity index (χ2n) is 2.73. The molecule has 1 unspecified atom stereocenters. The van der Waals surface area contributed by atoms with Crippen LogP contribution in [0.2, 0.25) is 0 Å². The van der Waals surface area contributed by atoms with Crippen LogP contribution < -0.4 is 0 Å². The SMILES string of the molecule is CC(=O)SCC(O)c1ccccc1. The highest BCUT2D eigenvalue weighted by atomic mass is 32.2. The van der Waals surface area contributed by atoms with Gasteiger partial charge >= 0.3 is 0 Å². The Balaban J connectivity index is 2.49. The first-order valence-corrected chi connectivity index (χ1v) is 5.05. The van der Waals surface area contributed by atoms with Crippen LogP contribution in [0, 0.1) is 0 Å². The molecule has 0 heterocycles. The fourth-order valence-corrected chi connectivity index (χ4v) is 1.55. The van der Waals surface area contributed by atoms with Crippen LogP contribution in [0.4, 0.5) is 0 Å². The zero-order chi connectivity index (χ0) is 9.68. The van der Waals surface area contributed by atoms with E-state index in [4.69, 9.17) is 0 Å². The minimum absolute atomic E-state index is 0.0370. The van der Waals surface area contributed by atoms with Crippen molar-refractivity contribution in [2.45, 2.75) is 13.0 Å². The van der Waals surface area contributed by atoms with Crippen molar-refractivity contribution < 1.29 is 9.90 Å². The molecule has 0 saturated heterocycles. The second kappa shape index (κ2) is 5.04. The van der Waals surface area contributed by atoms with Crippen molar-refractivity contribution in [3.05, 3.63) is 35.9 Å². The van der Waals surface area contributed by atoms with E-state index < -0.39 is 6.10 Å². The van der Waals surface area contributed by atoms with Gasteiger partial charge in [0.2, 0.25) is 0 Å². The normalized spacial score (nSPS) is 12.5. The molecule has 0 aromatic heterocycles. The fourth-order valence-electron chi connectivity index (χ4n) is 0.968. The van der Waals surface area contributed by atoms with Gasteiger partial charge in [0.05, 0.1) is 6.10 Å². The maximum absolute atomic E-state index is 10.6. The van der Waals surface area contributed by atoms with Gasteiger partial charge in [0, 0.05) is 12.7 Å². The van der Waals surface area contributed by atoms with Crippen LogP contribution in [0.3, 0.4) is 0 Å². The van der Waals surface area contributed by atoms with Gasteiger partial charge in [0.15, 0.2) is 5.12 Å². The van der Waals surface area contributed by atoms with Gasteiger partial charge in [-0.3, -0.25) is 4.79 Å². The lowest BCUT2D eigenvalue weighted by Gasteiger charge is -2.08. The van der Waals surface area contributed by atoms with Crippen LogP contribution in [0.25, 0.3) is 0 Å². The molecule has 0 bridgehead atoms. The summed E-state index contributed by atoms with van der Waals surface area (Å²) >= 11 is 1.15. The Morgan fingerprint density at radius 1 is 1.46 bits per heavy atom. The molecule has 1 aromatic carbocycles. The van der Waals surface area contributed by atoms with E-state index in [2.05, 4.69) is 0 Å². The molecule has 0 radical (unpaired) electrons. The van der Waals surface area contributed by atoms with E-state index in [1.165, 1.54) is 6.92 Å². The van der Waals surface area contributed by atoms with Crippen LogP contribution in [-0.2, 0) is 4.79 Å². The van der Waals surface area contributed by atoms with E-state index in [1.807, 2.05) is 30.3 Å². The predicted molar refractivity (Wildman–Crippen MR) is 54.5 cm³/mol. The Labute approximate surface area is 82.0 Å². The van der Waals surface area contributed by atoms with Gasteiger partial charge in [-0.2, -0.15) is 0 Å². The average molecular weight is 196 g/mol. The van der Waals surface area contributed by atoms with E-state index in [0.29, 0.717) is 5.75 Å². The van der Waals surface area contributed by atoms with Gasteiger partial charge in [0.1, 0.15) is 0 Å². The molecule has 0 saturated carbocycles. The third kappa shape index (κ3) is 3.61. The van der Waals surface area contributed by atoms with E-state index in [1.54, 1.807) is 0 Å². The van der Waals surface area contributed by atoms with Crippen LogP contribution in [0.1, 0.15) is 18.6 Å². The molecule has 1 rings (SSSR count). The molecule has 70 valence electrons. The zero-order valence-electron chi connectivity index (χ0n) is 7.43.